The molecule has 0 radical (unpaired) electrons. The fourth-order valence-corrected chi connectivity index (χ4v) is 5.32. The molecule has 1 N–H and O–H groups in total. The van der Waals surface area contributed by atoms with Crippen LogP contribution in [-0.4, -0.2) is 35.5 Å². The van der Waals surface area contributed by atoms with Gasteiger partial charge in [-0.2, -0.15) is 0 Å². The van der Waals surface area contributed by atoms with Crippen molar-refractivity contribution in [2.45, 2.75) is 26.3 Å². The number of aliphatic hydroxyl groups excluding tert-OH is 1. The number of methoxy groups -OCH3 is 1. The fraction of sp³-hybridized carbons (Fsp3) is 0.207. The molecular weight excluding hydrogens is 488 g/mol. The maximum absolute atomic E-state index is 13.4. The highest BCUT2D eigenvalue weighted by Crippen LogP contribution is 2.44. The largest absolute Gasteiger partial charge is 0.507 e. The molecule has 5 rings (SSSR count). The number of benzene rings is 3. The minimum Gasteiger partial charge on any atom is -0.507 e. The van der Waals surface area contributed by atoms with Crippen LogP contribution in [0, 0.1) is 6.92 Å². The van der Waals surface area contributed by atoms with Crippen molar-refractivity contribution in [2.24, 2.45) is 0 Å². The molecule has 188 valence electrons. The van der Waals surface area contributed by atoms with Crippen LogP contribution >= 0.6 is 11.3 Å². The minimum absolute atomic E-state index is 0.0212. The molecule has 1 aliphatic heterocycles. The zero-order valence-electron chi connectivity index (χ0n) is 20.7. The van der Waals surface area contributed by atoms with Gasteiger partial charge in [0.25, 0.3) is 5.78 Å². The number of hydrogen-bond acceptors (Lipinski definition) is 7. The number of carbonyl (C=O) groups is 2. The Hall–Kier alpha value is -4.17. The van der Waals surface area contributed by atoms with Crippen LogP contribution in [0.2, 0.25) is 0 Å². The molecule has 37 heavy (non-hydrogen) atoms. The van der Waals surface area contributed by atoms with E-state index in [1.54, 1.807) is 37.4 Å². The van der Waals surface area contributed by atoms with Gasteiger partial charge in [-0.3, -0.25) is 14.5 Å². The molecule has 0 aliphatic carbocycles. The van der Waals surface area contributed by atoms with Gasteiger partial charge < -0.3 is 14.6 Å². The quantitative estimate of drug-likeness (QED) is 0.184. The van der Waals surface area contributed by atoms with Crippen molar-refractivity contribution in [2.75, 3.05) is 18.6 Å². The number of carbonyl (C=O) groups excluding carboxylic acids is 2. The first-order valence-electron chi connectivity index (χ1n) is 12.0. The average Bonchev–Trinajstić information content (AvgIpc) is 3.45. The highest BCUT2D eigenvalue weighted by atomic mass is 32.1. The molecular formula is C29H26N2O5S. The van der Waals surface area contributed by atoms with E-state index >= 15 is 0 Å². The van der Waals surface area contributed by atoms with Gasteiger partial charge in [0.1, 0.15) is 17.3 Å². The molecule has 2 heterocycles. The standard InChI is InChI=1S/C29H26N2O5S/c1-4-15-36-20-11-9-19(10-12-20)26(32)24-25(18-7-5-17(2)6-8-18)31(28(34)27(24)33)29-30-22-14-13-21(35-3)16-23(22)37-29/h5-14,16,25,32H,4,15H2,1-3H3/b26-24+. The van der Waals surface area contributed by atoms with Gasteiger partial charge in [0.15, 0.2) is 5.13 Å². The number of ketones is 1. The molecule has 1 aromatic heterocycles. The van der Waals surface area contributed by atoms with Gasteiger partial charge in [-0.25, -0.2) is 4.98 Å². The second-order valence-corrected chi connectivity index (χ2v) is 9.79. The number of nitrogens with zero attached hydrogens (tertiary/aromatic N) is 2. The van der Waals surface area contributed by atoms with Gasteiger partial charge in [-0.15, -0.1) is 0 Å². The molecule has 0 saturated carbocycles. The average molecular weight is 515 g/mol. The number of anilines is 1. The monoisotopic (exact) mass is 514 g/mol. The molecule has 3 aromatic carbocycles. The lowest BCUT2D eigenvalue weighted by molar-refractivity contribution is -0.132. The molecule has 0 bridgehead atoms. The fourth-order valence-electron chi connectivity index (χ4n) is 4.30. The highest BCUT2D eigenvalue weighted by Gasteiger charge is 2.48. The molecule has 7 nitrogen and oxygen atoms in total. The van der Waals surface area contributed by atoms with E-state index in [0.717, 1.165) is 16.7 Å². The summed E-state index contributed by atoms with van der Waals surface area (Å²) in [5.74, 6) is -0.395. The summed E-state index contributed by atoms with van der Waals surface area (Å²) in [6.07, 6.45) is 0.875. The summed E-state index contributed by atoms with van der Waals surface area (Å²) >= 11 is 1.29. The van der Waals surface area contributed by atoms with Gasteiger partial charge in [0, 0.05) is 5.56 Å². The van der Waals surface area contributed by atoms with E-state index in [2.05, 4.69) is 4.98 Å². The van der Waals surface area contributed by atoms with Crippen molar-refractivity contribution >= 4 is 44.1 Å². The van der Waals surface area contributed by atoms with Gasteiger partial charge in [0.05, 0.1) is 35.5 Å². The molecule has 1 aliphatic rings. The Morgan fingerprint density at radius 3 is 2.41 bits per heavy atom. The number of aliphatic hydroxyl groups is 1. The van der Waals surface area contributed by atoms with Crippen LogP contribution < -0.4 is 14.4 Å². The number of aromatic nitrogens is 1. The van der Waals surface area contributed by atoms with Crippen molar-refractivity contribution in [1.82, 2.24) is 4.98 Å². The van der Waals surface area contributed by atoms with Crippen molar-refractivity contribution in [1.29, 1.82) is 0 Å². The number of aryl methyl sites for hydroxylation is 1. The van der Waals surface area contributed by atoms with Crippen molar-refractivity contribution in [3.8, 4) is 11.5 Å². The second kappa shape index (κ2) is 10.1. The van der Waals surface area contributed by atoms with E-state index in [1.165, 1.54) is 16.2 Å². The predicted molar refractivity (Wildman–Crippen MR) is 144 cm³/mol. The van der Waals surface area contributed by atoms with Crippen LogP contribution in [0.25, 0.3) is 16.0 Å². The molecule has 1 unspecified atom stereocenters. The molecule has 4 aromatic rings. The molecule has 1 amide bonds. The molecule has 1 atom stereocenters. The number of amides is 1. The lowest BCUT2D eigenvalue weighted by Crippen LogP contribution is -2.29. The second-order valence-electron chi connectivity index (χ2n) is 8.78. The van der Waals surface area contributed by atoms with Crippen LogP contribution in [0.5, 0.6) is 11.5 Å². The van der Waals surface area contributed by atoms with E-state index in [4.69, 9.17) is 9.47 Å². The summed E-state index contributed by atoms with van der Waals surface area (Å²) in [4.78, 5) is 32.9. The van der Waals surface area contributed by atoms with Crippen LogP contribution in [-0.2, 0) is 9.59 Å². The first kappa shape index (κ1) is 24.5. The summed E-state index contributed by atoms with van der Waals surface area (Å²) in [5.41, 5.74) is 2.87. The van der Waals surface area contributed by atoms with Crippen LogP contribution in [0.1, 0.15) is 36.1 Å². The normalized spacial score (nSPS) is 16.9. The minimum atomic E-state index is -0.834. The molecule has 0 spiro atoms. The Morgan fingerprint density at radius 1 is 1.03 bits per heavy atom. The van der Waals surface area contributed by atoms with Gasteiger partial charge >= 0.3 is 5.91 Å². The van der Waals surface area contributed by atoms with E-state index in [0.29, 0.717) is 39.9 Å². The van der Waals surface area contributed by atoms with Gasteiger partial charge in [-0.1, -0.05) is 48.1 Å². The zero-order valence-corrected chi connectivity index (χ0v) is 21.5. The third-order valence-electron chi connectivity index (χ3n) is 6.23. The number of thiazole rings is 1. The number of ether oxygens (including phenoxy) is 2. The summed E-state index contributed by atoms with van der Waals surface area (Å²) in [6, 6.07) is 19.0. The van der Waals surface area contributed by atoms with Crippen molar-refractivity contribution in [3.05, 3.63) is 89.0 Å². The lowest BCUT2D eigenvalue weighted by atomic mass is 9.95. The number of hydrogen-bond donors (Lipinski definition) is 1. The summed E-state index contributed by atoms with van der Waals surface area (Å²) in [5, 5.41) is 11.7. The molecule has 1 fully saturated rings. The number of rotatable bonds is 7. The Labute approximate surface area is 218 Å². The Balaban J connectivity index is 1.64. The maximum Gasteiger partial charge on any atom is 0.301 e. The number of Topliss-reactive ketones (excluding diaryl/α,β-unsaturated/α-hetero) is 1. The third kappa shape index (κ3) is 4.56. The van der Waals surface area contributed by atoms with Gasteiger partial charge in [-0.05, 0) is 61.4 Å². The summed E-state index contributed by atoms with van der Waals surface area (Å²) in [6.45, 7) is 4.56. The van der Waals surface area contributed by atoms with Crippen molar-refractivity contribution in [3.63, 3.8) is 0 Å². The maximum atomic E-state index is 13.4. The Bertz CT molecular complexity index is 1510. The van der Waals surface area contributed by atoms with Gasteiger partial charge in [0.2, 0.25) is 0 Å². The van der Waals surface area contributed by atoms with E-state index < -0.39 is 17.7 Å². The first-order chi connectivity index (χ1) is 17.9. The number of fused-ring (bicyclic) bond motifs is 1. The topological polar surface area (TPSA) is 89.0 Å². The highest BCUT2D eigenvalue weighted by molar-refractivity contribution is 7.22. The van der Waals surface area contributed by atoms with E-state index in [-0.39, 0.29) is 11.3 Å². The summed E-state index contributed by atoms with van der Waals surface area (Å²) in [7, 11) is 1.58. The smallest absolute Gasteiger partial charge is 0.301 e. The van der Waals surface area contributed by atoms with Crippen LogP contribution in [0.15, 0.2) is 72.3 Å². The van der Waals surface area contributed by atoms with E-state index in [9.17, 15) is 14.7 Å². The molecule has 8 heteroatoms. The molecule has 1 saturated heterocycles. The third-order valence-corrected chi connectivity index (χ3v) is 7.25. The summed E-state index contributed by atoms with van der Waals surface area (Å²) < 4.78 is 11.8. The zero-order chi connectivity index (χ0) is 26.1. The predicted octanol–water partition coefficient (Wildman–Crippen LogP) is 6.03. The van der Waals surface area contributed by atoms with E-state index in [1.807, 2.05) is 50.2 Å². The Kier molecular flexibility index (Phi) is 6.67. The van der Waals surface area contributed by atoms with Crippen LogP contribution in [0.4, 0.5) is 5.13 Å². The van der Waals surface area contributed by atoms with Crippen molar-refractivity contribution < 1.29 is 24.2 Å². The first-order valence-corrected chi connectivity index (χ1v) is 12.8. The van der Waals surface area contributed by atoms with Crippen LogP contribution in [0.3, 0.4) is 0 Å². The lowest BCUT2D eigenvalue weighted by Gasteiger charge is -2.23. The Morgan fingerprint density at radius 2 is 1.73 bits per heavy atom. The SMILES string of the molecule is CCCOc1ccc(/C(O)=C2\C(=O)C(=O)N(c3nc4ccc(OC)cc4s3)C2c2ccc(C)cc2)cc1.